The molecule has 4 rings (SSSR count). The topological polar surface area (TPSA) is 17.1 Å². The highest BCUT2D eigenvalue weighted by Crippen LogP contribution is 2.48. The second-order valence-corrected chi connectivity index (χ2v) is 7.61. The van der Waals surface area contributed by atoms with E-state index in [1.807, 2.05) is 36.4 Å². The van der Waals surface area contributed by atoms with E-state index in [0.717, 1.165) is 25.1 Å². The van der Waals surface area contributed by atoms with Crippen molar-refractivity contribution >= 4 is 36.4 Å². The van der Waals surface area contributed by atoms with Crippen LogP contribution in [-0.2, 0) is 0 Å². The van der Waals surface area contributed by atoms with Gasteiger partial charge in [0, 0.05) is 38.9 Å². The van der Waals surface area contributed by atoms with Gasteiger partial charge in [-0.2, -0.15) is 0 Å². The second kappa shape index (κ2) is 5.49. The van der Waals surface area contributed by atoms with E-state index < -0.39 is 22.1 Å². The average Bonchev–Trinajstić information content (AvgIpc) is 2.91. The van der Waals surface area contributed by atoms with E-state index in [9.17, 15) is 13.6 Å². The van der Waals surface area contributed by atoms with Crippen molar-refractivity contribution in [3.05, 3.63) is 77.9 Å². The number of benzene rings is 3. The predicted octanol–water partition coefficient (Wildman–Crippen LogP) is 6.21. The lowest BCUT2D eigenvalue weighted by atomic mass is 10.1. The molecule has 0 fully saturated rings. The largest absolute Gasteiger partial charge is 0.295 e. The molecule has 118 valence electrons. The number of halogens is 2. The summed E-state index contributed by atoms with van der Waals surface area (Å²) in [6.45, 7) is 1.54. The molecule has 1 unspecified atom stereocenters. The van der Waals surface area contributed by atoms with Crippen molar-refractivity contribution in [3.8, 4) is 4.90 Å². The van der Waals surface area contributed by atoms with Gasteiger partial charge >= 0.3 is 0 Å². The quantitative estimate of drug-likeness (QED) is 0.313. The first-order chi connectivity index (χ1) is 11.6. The summed E-state index contributed by atoms with van der Waals surface area (Å²) in [5, 5.41) is 2.04. The molecular formula is C20H13F2OS+. The van der Waals surface area contributed by atoms with Crippen LogP contribution in [0.2, 0.25) is 0 Å². The summed E-state index contributed by atoms with van der Waals surface area (Å²) in [5.74, 6) is -1.68. The number of hydrogen-bond donors (Lipinski definition) is 0. The Labute approximate surface area is 140 Å². The van der Waals surface area contributed by atoms with Crippen molar-refractivity contribution in [2.45, 2.75) is 6.92 Å². The van der Waals surface area contributed by atoms with E-state index >= 15 is 0 Å². The number of carbonyl (C=O) groups is 1. The molecule has 4 aromatic rings. The fraction of sp³-hybridized carbons (Fsp3) is 0.0500. The third kappa shape index (κ3) is 2.22. The van der Waals surface area contributed by atoms with Crippen molar-refractivity contribution in [2.24, 2.45) is 0 Å². The summed E-state index contributed by atoms with van der Waals surface area (Å²) in [6.07, 6.45) is 0. The average molecular weight is 339 g/mol. The van der Waals surface area contributed by atoms with Crippen molar-refractivity contribution in [3.63, 3.8) is 0 Å². The zero-order chi connectivity index (χ0) is 16.8. The van der Waals surface area contributed by atoms with E-state index in [2.05, 4.69) is 0 Å². The van der Waals surface area contributed by atoms with Crippen LogP contribution in [0.5, 0.6) is 0 Å². The van der Waals surface area contributed by atoms with Crippen LogP contribution in [0.1, 0.15) is 17.3 Å². The normalized spacial score (nSPS) is 12.0. The van der Waals surface area contributed by atoms with Crippen molar-refractivity contribution in [1.29, 1.82) is 0 Å². The van der Waals surface area contributed by atoms with Gasteiger partial charge in [0.25, 0.3) is 0 Å². The van der Waals surface area contributed by atoms with Crippen LogP contribution in [0.3, 0.4) is 0 Å². The van der Waals surface area contributed by atoms with Crippen molar-refractivity contribution in [2.75, 3.05) is 0 Å². The molecule has 0 spiro atoms. The van der Waals surface area contributed by atoms with E-state index in [0.29, 0.717) is 5.56 Å². The minimum atomic E-state index is -0.845. The fourth-order valence-electron chi connectivity index (χ4n) is 2.98. The van der Waals surface area contributed by atoms with Gasteiger partial charge in [-0.15, -0.1) is 0 Å². The number of carbonyl (C=O) groups excluding carboxylic acids is 1. The molecule has 0 radical (unpaired) electrons. The highest BCUT2D eigenvalue weighted by molar-refractivity contribution is 7.50. The third-order valence-electron chi connectivity index (χ3n) is 4.13. The van der Waals surface area contributed by atoms with Gasteiger partial charge < -0.3 is 0 Å². The highest BCUT2D eigenvalue weighted by atomic mass is 32.2. The van der Waals surface area contributed by atoms with Gasteiger partial charge in [-0.05, 0) is 43.3 Å². The number of rotatable bonds is 2. The van der Waals surface area contributed by atoms with Gasteiger partial charge in [0.05, 0.1) is 0 Å². The van der Waals surface area contributed by atoms with Gasteiger partial charge in [0.1, 0.15) is 0 Å². The van der Waals surface area contributed by atoms with Crippen LogP contribution < -0.4 is 0 Å². The second-order valence-electron chi connectivity index (χ2n) is 5.65. The maximum absolute atomic E-state index is 13.7. The molecule has 0 saturated carbocycles. The van der Waals surface area contributed by atoms with Crippen molar-refractivity contribution < 1.29 is 13.6 Å². The van der Waals surface area contributed by atoms with Crippen LogP contribution in [-0.4, -0.2) is 5.78 Å². The first-order valence-corrected chi connectivity index (χ1v) is 8.72. The van der Waals surface area contributed by atoms with Crippen LogP contribution in [0.4, 0.5) is 8.78 Å². The van der Waals surface area contributed by atoms with Crippen LogP contribution in [0.15, 0.2) is 60.7 Å². The lowest BCUT2D eigenvalue weighted by Crippen LogP contribution is -1.90. The molecule has 4 heteroatoms. The number of fused-ring (bicyclic) bond motifs is 3. The molecule has 0 aliphatic rings. The Bertz CT molecular complexity index is 1110. The van der Waals surface area contributed by atoms with E-state index in [1.54, 1.807) is 12.1 Å². The lowest BCUT2D eigenvalue weighted by molar-refractivity contribution is 0.101. The molecule has 0 bridgehead atoms. The highest BCUT2D eigenvalue weighted by Gasteiger charge is 2.25. The standard InChI is InChI=1S/C20H13F2OS/c1-12(23)13-6-9-20-16(10-13)15-4-2-3-5-19(15)24(20)14-7-8-17(21)18(22)11-14/h2-11H,1H3/q+1. The molecule has 1 aromatic heterocycles. The summed E-state index contributed by atoms with van der Waals surface area (Å²) in [7, 11) is -0.499. The summed E-state index contributed by atoms with van der Waals surface area (Å²) in [4.78, 5) is 12.4. The summed E-state index contributed by atoms with van der Waals surface area (Å²) < 4.78 is 29.2. The van der Waals surface area contributed by atoms with Crippen LogP contribution >= 0.6 is 10.5 Å². The first kappa shape index (κ1) is 15.0. The van der Waals surface area contributed by atoms with E-state index in [4.69, 9.17) is 0 Å². The Morgan fingerprint density at radius 2 is 1.58 bits per heavy atom. The smallest absolute Gasteiger partial charge is 0.187 e. The fourth-order valence-corrected chi connectivity index (χ4v) is 5.36. The number of thiophene rings is 1. The minimum Gasteiger partial charge on any atom is -0.295 e. The Morgan fingerprint density at radius 3 is 2.33 bits per heavy atom. The summed E-state index contributed by atoms with van der Waals surface area (Å²) >= 11 is 0. The van der Waals surface area contributed by atoms with Gasteiger partial charge in [-0.3, -0.25) is 4.79 Å². The van der Waals surface area contributed by atoms with Gasteiger partial charge in [-0.25, -0.2) is 8.78 Å². The summed E-state index contributed by atoms with van der Waals surface area (Å²) in [6, 6.07) is 17.6. The molecule has 0 aliphatic heterocycles. The SMILES string of the molecule is CC(=O)c1ccc2c(c1)c1ccccc1[s+]2-c1ccc(F)c(F)c1. The Kier molecular flexibility index (Phi) is 3.43. The Balaban J connectivity index is 2.13. The van der Waals surface area contributed by atoms with Crippen LogP contribution in [0.25, 0.3) is 25.1 Å². The molecule has 0 amide bonds. The van der Waals surface area contributed by atoms with Crippen molar-refractivity contribution in [1.82, 2.24) is 0 Å². The first-order valence-electron chi connectivity index (χ1n) is 7.50. The third-order valence-corrected chi connectivity index (χ3v) is 6.45. The zero-order valence-corrected chi connectivity index (χ0v) is 13.7. The van der Waals surface area contributed by atoms with E-state index in [-0.39, 0.29) is 5.78 Å². The summed E-state index contributed by atoms with van der Waals surface area (Å²) in [5.41, 5.74) is 0.652. The minimum absolute atomic E-state index is 0.00916. The lowest BCUT2D eigenvalue weighted by Gasteiger charge is -1.96. The molecule has 24 heavy (non-hydrogen) atoms. The molecule has 1 atom stereocenters. The maximum atomic E-state index is 13.7. The Morgan fingerprint density at radius 1 is 0.833 bits per heavy atom. The van der Waals surface area contributed by atoms with Gasteiger partial charge in [0.2, 0.25) is 0 Å². The molecule has 3 aromatic carbocycles. The number of hydrogen-bond acceptors (Lipinski definition) is 1. The Hall–Kier alpha value is -2.59. The van der Waals surface area contributed by atoms with E-state index in [1.165, 1.54) is 19.1 Å². The van der Waals surface area contributed by atoms with Crippen LogP contribution in [0, 0.1) is 11.6 Å². The number of Topliss-reactive ketones (excluding diaryl/α,β-unsaturated/α-hetero) is 1. The molecule has 1 nitrogen and oxygen atoms in total. The monoisotopic (exact) mass is 339 g/mol. The van der Waals surface area contributed by atoms with Gasteiger partial charge in [0.15, 0.2) is 31.7 Å². The predicted molar refractivity (Wildman–Crippen MR) is 95.2 cm³/mol. The molecular weight excluding hydrogens is 326 g/mol. The maximum Gasteiger partial charge on any atom is 0.187 e. The van der Waals surface area contributed by atoms with Gasteiger partial charge in [-0.1, -0.05) is 12.1 Å². The number of ketones is 1. The zero-order valence-electron chi connectivity index (χ0n) is 12.8. The molecule has 0 aliphatic carbocycles. The molecule has 1 heterocycles. The molecule has 0 N–H and O–H groups in total. The molecule has 0 saturated heterocycles.